The highest BCUT2D eigenvalue weighted by molar-refractivity contribution is 6.32. The van der Waals surface area contributed by atoms with Gasteiger partial charge in [-0.2, -0.15) is 0 Å². The van der Waals surface area contributed by atoms with E-state index in [2.05, 4.69) is 18.8 Å². The highest BCUT2D eigenvalue weighted by atomic mass is 35.5. The van der Waals surface area contributed by atoms with Gasteiger partial charge in [0.1, 0.15) is 5.15 Å². The van der Waals surface area contributed by atoms with Crippen molar-refractivity contribution in [1.82, 2.24) is 4.98 Å². The van der Waals surface area contributed by atoms with E-state index in [-0.39, 0.29) is 16.6 Å². The minimum absolute atomic E-state index is 0.134. The fraction of sp³-hybridized carbons (Fsp3) is 0.478. The number of ether oxygens (including phenoxy) is 4. The molecule has 1 heterocycles. The molecular formula is C23H28ClNO5. The summed E-state index contributed by atoms with van der Waals surface area (Å²) in [5.41, 5.74) is 4.13. The average molecular weight is 434 g/mol. The van der Waals surface area contributed by atoms with Gasteiger partial charge < -0.3 is 18.9 Å². The fourth-order valence-corrected chi connectivity index (χ4v) is 4.06. The third-order valence-electron chi connectivity index (χ3n) is 5.45. The molecule has 0 radical (unpaired) electrons. The van der Waals surface area contributed by atoms with Gasteiger partial charge >= 0.3 is 5.97 Å². The molecule has 0 fully saturated rings. The molecule has 6 nitrogen and oxygen atoms in total. The zero-order valence-corrected chi connectivity index (χ0v) is 18.8. The van der Waals surface area contributed by atoms with E-state index in [0.717, 1.165) is 35.2 Å². The van der Waals surface area contributed by atoms with Crippen molar-refractivity contribution in [2.75, 3.05) is 34.5 Å². The van der Waals surface area contributed by atoms with Gasteiger partial charge in [0, 0.05) is 25.7 Å². The number of pyridine rings is 1. The van der Waals surface area contributed by atoms with Gasteiger partial charge in [0.2, 0.25) is 0 Å². The van der Waals surface area contributed by atoms with E-state index in [1.165, 1.54) is 7.11 Å². The topological polar surface area (TPSA) is 66.9 Å². The summed E-state index contributed by atoms with van der Waals surface area (Å²) >= 11 is 6.35. The first-order valence-electron chi connectivity index (χ1n) is 10.0. The summed E-state index contributed by atoms with van der Waals surface area (Å²) in [7, 11) is 4.63. The van der Waals surface area contributed by atoms with E-state index in [4.69, 9.17) is 30.5 Å². The lowest BCUT2D eigenvalue weighted by Gasteiger charge is -2.31. The van der Waals surface area contributed by atoms with Crippen molar-refractivity contribution < 1.29 is 23.7 Å². The molecule has 0 saturated heterocycles. The highest BCUT2D eigenvalue weighted by Crippen LogP contribution is 2.46. The Balaban J connectivity index is 2.09. The Morgan fingerprint density at radius 2 is 1.93 bits per heavy atom. The number of methoxy groups -OCH3 is 3. The van der Waals surface area contributed by atoms with Crippen molar-refractivity contribution in [2.45, 2.75) is 32.6 Å². The summed E-state index contributed by atoms with van der Waals surface area (Å²) in [6, 6.07) is 5.80. The van der Waals surface area contributed by atoms with Crippen LogP contribution in [0.2, 0.25) is 5.15 Å². The SMILES string of the molecule is COCCCOc1cc2c(cc1OC)-c1nc(Cl)c(C(=O)OC)cc1C(C(C)C)C2. The van der Waals surface area contributed by atoms with Crippen LogP contribution in [0.4, 0.5) is 0 Å². The average Bonchev–Trinajstić information content (AvgIpc) is 2.74. The van der Waals surface area contributed by atoms with Crippen molar-refractivity contribution in [1.29, 1.82) is 0 Å². The fourth-order valence-electron chi connectivity index (χ4n) is 3.85. The van der Waals surface area contributed by atoms with Crippen LogP contribution in [0.3, 0.4) is 0 Å². The maximum absolute atomic E-state index is 12.1. The Morgan fingerprint density at radius 3 is 2.57 bits per heavy atom. The standard InChI is InChI=1S/C23H28ClNO5/c1-13(2)15-9-14-10-20(30-8-6-7-27-3)19(28-4)12-16(14)21-17(15)11-18(22(24)25-21)23(26)29-5/h10-13,15H,6-9H2,1-5H3. The molecule has 3 rings (SSSR count). The molecule has 0 saturated carbocycles. The molecule has 7 heteroatoms. The number of halogens is 1. The number of fused-ring (bicyclic) bond motifs is 3. The summed E-state index contributed by atoms with van der Waals surface area (Å²) in [6.45, 7) is 5.51. The first-order chi connectivity index (χ1) is 14.4. The van der Waals surface area contributed by atoms with Crippen LogP contribution in [0.1, 0.15) is 47.7 Å². The third-order valence-corrected chi connectivity index (χ3v) is 5.74. The molecule has 1 aromatic carbocycles. The molecule has 162 valence electrons. The van der Waals surface area contributed by atoms with E-state index < -0.39 is 5.97 Å². The van der Waals surface area contributed by atoms with Crippen LogP contribution >= 0.6 is 11.6 Å². The minimum Gasteiger partial charge on any atom is -0.493 e. The van der Waals surface area contributed by atoms with Gasteiger partial charge in [-0.1, -0.05) is 25.4 Å². The summed E-state index contributed by atoms with van der Waals surface area (Å²) in [6.07, 6.45) is 1.60. The summed E-state index contributed by atoms with van der Waals surface area (Å²) in [5.74, 6) is 1.39. The summed E-state index contributed by atoms with van der Waals surface area (Å²) < 4.78 is 21.5. The maximum atomic E-state index is 12.1. The van der Waals surface area contributed by atoms with Crippen molar-refractivity contribution in [2.24, 2.45) is 5.92 Å². The largest absolute Gasteiger partial charge is 0.493 e. The van der Waals surface area contributed by atoms with Crippen LogP contribution in [-0.4, -0.2) is 45.5 Å². The molecule has 1 aromatic heterocycles. The number of hydrogen-bond acceptors (Lipinski definition) is 6. The lowest BCUT2D eigenvalue weighted by atomic mass is 9.75. The lowest BCUT2D eigenvalue weighted by molar-refractivity contribution is 0.0600. The van der Waals surface area contributed by atoms with E-state index in [9.17, 15) is 4.79 Å². The number of aromatic nitrogens is 1. The van der Waals surface area contributed by atoms with Crippen molar-refractivity contribution >= 4 is 17.6 Å². The van der Waals surface area contributed by atoms with Gasteiger partial charge in [-0.15, -0.1) is 0 Å². The number of carbonyl (C=O) groups excluding carboxylic acids is 1. The van der Waals surface area contributed by atoms with Crippen LogP contribution < -0.4 is 9.47 Å². The Labute approximate surface area is 182 Å². The number of rotatable bonds is 8. The Hall–Kier alpha value is -2.31. The molecule has 0 N–H and O–H groups in total. The normalized spacial score (nSPS) is 14.8. The van der Waals surface area contributed by atoms with E-state index in [1.54, 1.807) is 14.2 Å². The highest BCUT2D eigenvalue weighted by Gasteiger charge is 2.31. The van der Waals surface area contributed by atoms with Gasteiger partial charge in [-0.25, -0.2) is 9.78 Å². The van der Waals surface area contributed by atoms with Gasteiger partial charge in [0.25, 0.3) is 0 Å². The monoisotopic (exact) mass is 433 g/mol. The van der Waals surface area contributed by atoms with E-state index in [1.807, 2.05) is 18.2 Å². The van der Waals surface area contributed by atoms with Crippen molar-refractivity contribution in [3.63, 3.8) is 0 Å². The first kappa shape index (κ1) is 22.4. The van der Waals surface area contributed by atoms with E-state index in [0.29, 0.717) is 30.6 Å². The molecule has 0 aliphatic heterocycles. The molecular weight excluding hydrogens is 406 g/mol. The first-order valence-corrected chi connectivity index (χ1v) is 10.4. The van der Waals surface area contributed by atoms with Gasteiger partial charge in [0.15, 0.2) is 11.5 Å². The third kappa shape index (κ3) is 4.40. The van der Waals surface area contributed by atoms with Crippen molar-refractivity contribution in [3.05, 3.63) is 40.0 Å². The molecule has 2 aromatic rings. The van der Waals surface area contributed by atoms with Crippen LogP contribution in [0.5, 0.6) is 11.5 Å². The molecule has 1 atom stereocenters. The zero-order valence-electron chi connectivity index (χ0n) is 18.1. The molecule has 0 bridgehead atoms. The predicted molar refractivity (Wildman–Crippen MR) is 116 cm³/mol. The van der Waals surface area contributed by atoms with Crippen LogP contribution in [0.25, 0.3) is 11.3 Å². The molecule has 1 aliphatic carbocycles. The Bertz CT molecular complexity index is 928. The Morgan fingerprint density at radius 1 is 1.17 bits per heavy atom. The van der Waals surface area contributed by atoms with Gasteiger partial charge in [-0.3, -0.25) is 0 Å². The molecule has 30 heavy (non-hydrogen) atoms. The second-order valence-corrected chi connectivity index (χ2v) is 8.02. The second-order valence-electron chi connectivity index (χ2n) is 7.67. The number of esters is 1. The van der Waals surface area contributed by atoms with Crippen molar-refractivity contribution in [3.8, 4) is 22.8 Å². The predicted octanol–water partition coefficient (Wildman–Crippen LogP) is 4.91. The number of carbonyl (C=O) groups is 1. The number of nitrogens with zero attached hydrogens (tertiary/aromatic N) is 1. The lowest BCUT2D eigenvalue weighted by Crippen LogP contribution is -2.19. The van der Waals surface area contributed by atoms with Crippen LogP contribution in [-0.2, 0) is 15.9 Å². The van der Waals surface area contributed by atoms with Gasteiger partial charge in [0.05, 0.1) is 32.1 Å². The molecule has 0 spiro atoms. The number of hydrogen-bond donors (Lipinski definition) is 0. The quantitative estimate of drug-likeness (QED) is 0.335. The second kappa shape index (κ2) is 9.67. The molecule has 1 unspecified atom stereocenters. The summed E-state index contributed by atoms with van der Waals surface area (Å²) in [5, 5.41) is 0.134. The molecule has 1 aliphatic rings. The smallest absolute Gasteiger partial charge is 0.341 e. The minimum atomic E-state index is -0.485. The van der Waals surface area contributed by atoms with Crippen LogP contribution in [0.15, 0.2) is 18.2 Å². The maximum Gasteiger partial charge on any atom is 0.341 e. The molecule has 0 amide bonds. The van der Waals surface area contributed by atoms with E-state index >= 15 is 0 Å². The van der Waals surface area contributed by atoms with Crippen LogP contribution in [0, 0.1) is 5.92 Å². The number of benzene rings is 1. The Kier molecular flexibility index (Phi) is 7.21. The summed E-state index contributed by atoms with van der Waals surface area (Å²) in [4.78, 5) is 16.7. The zero-order chi connectivity index (χ0) is 21.8. The van der Waals surface area contributed by atoms with Gasteiger partial charge in [-0.05, 0) is 47.6 Å².